The van der Waals surface area contributed by atoms with E-state index in [4.69, 9.17) is 0 Å². The van der Waals surface area contributed by atoms with Gasteiger partial charge in [0.15, 0.2) is 0 Å². The second kappa shape index (κ2) is 4.47. The lowest BCUT2D eigenvalue weighted by Crippen LogP contribution is -2.18. The summed E-state index contributed by atoms with van der Waals surface area (Å²) in [5, 5.41) is 10.6. The summed E-state index contributed by atoms with van der Waals surface area (Å²) in [5.74, 6) is 0. The Morgan fingerprint density at radius 3 is 2.67 bits per heavy atom. The lowest BCUT2D eigenvalue weighted by Gasteiger charge is -2.14. The number of hydrogen-bond donors (Lipinski definition) is 0. The van der Waals surface area contributed by atoms with Crippen molar-refractivity contribution in [3.8, 4) is 6.07 Å². The largest absolute Gasteiger partial charge is 0.335 e. The fraction of sp³-hybridized carbons (Fsp3) is 0.400. The van der Waals surface area contributed by atoms with E-state index in [2.05, 4.69) is 29.2 Å². The molecule has 0 bridgehead atoms. The number of aromatic nitrogens is 1. The maximum atomic E-state index is 9.38. The van der Waals surface area contributed by atoms with Gasteiger partial charge < -0.3 is 4.57 Å². The number of nitrogens with zero attached hydrogens (tertiary/aromatic N) is 3. The van der Waals surface area contributed by atoms with Crippen molar-refractivity contribution in [3.05, 3.63) is 35.5 Å². The fourth-order valence-electron chi connectivity index (χ4n) is 2.94. The van der Waals surface area contributed by atoms with Crippen molar-refractivity contribution in [2.75, 3.05) is 13.1 Å². The van der Waals surface area contributed by atoms with Gasteiger partial charge in [0.2, 0.25) is 0 Å². The first kappa shape index (κ1) is 11.3. The molecular weight excluding hydrogens is 222 g/mol. The van der Waals surface area contributed by atoms with Crippen LogP contribution in [0.4, 0.5) is 0 Å². The molecule has 2 heterocycles. The van der Waals surface area contributed by atoms with Crippen molar-refractivity contribution >= 4 is 10.9 Å². The highest BCUT2D eigenvalue weighted by molar-refractivity contribution is 5.86. The van der Waals surface area contributed by atoms with Gasteiger partial charge in [0.05, 0.1) is 0 Å². The number of nitriles is 1. The summed E-state index contributed by atoms with van der Waals surface area (Å²) in [5.41, 5.74) is 3.16. The normalized spacial score (nSPS) is 16.2. The van der Waals surface area contributed by atoms with Gasteiger partial charge in [0.25, 0.3) is 0 Å². The van der Waals surface area contributed by atoms with Gasteiger partial charge in [-0.15, -0.1) is 0 Å². The second-order valence-corrected chi connectivity index (χ2v) is 5.00. The lowest BCUT2D eigenvalue weighted by atomic mass is 10.1. The first-order valence-corrected chi connectivity index (χ1v) is 6.50. The summed E-state index contributed by atoms with van der Waals surface area (Å²) in [7, 11) is 1.98. The highest BCUT2D eigenvalue weighted by Crippen LogP contribution is 2.27. The van der Waals surface area contributed by atoms with E-state index in [1.165, 1.54) is 23.8 Å². The van der Waals surface area contributed by atoms with Crippen molar-refractivity contribution in [3.63, 3.8) is 0 Å². The minimum Gasteiger partial charge on any atom is -0.335 e. The van der Waals surface area contributed by atoms with Crippen LogP contribution in [0.5, 0.6) is 0 Å². The standard InChI is InChI=1S/C15H17N3/c1-17-14-7-3-2-6-12(14)13(15(17)10-16)11-18-8-4-5-9-18/h2-3,6-7H,4-5,8-9,11H2,1H3. The Kier molecular flexibility index (Phi) is 2.81. The molecule has 0 N–H and O–H groups in total. The summed E-state index contributed by atoms with van der Waals surface area (Å²) in [6.45, 7) is 3.23. The van der Waals surface area contributed by atoms with Crippen molar-refractivity contribution in [1.29, 1.82) is 5.26 Å². The maximum absolute atomic E-state index is 9.38. The number of benzene rings is 1. The minimum atomic E-state index is 0.808. The highest BCUT2D eigenvalue weighted by atomic mass is 15.1. The topological polar surface area (TPSA) is 32.0 Å². The molecule has 92 valence electrons. The number of aryl methyl sites for hydroxylation is 1. The van der Waals surface area contributed by atoms with Crippen LogP contribution in [0.3, 0.4) is 0 Å². The first-order valence-electron chi connectivity index (χ1n) is 6.50. The third-order valence-electron chi connectivity index (χ3n) is 3.90. The molecule has 0 saturated carbocycles. The number of likely N-dealkylation sites (tertiary alicyclic amines) is 1. The molecule has 3 nitrogen and oxygen atoms in total. The molecule has 18 heavy (non-hydrogen) atoms. The van der Waals surface area contributed by atoms with Crippen LogP contribution in [0.25, 0.3) is 10.9 Å². The first-order chi connectivity index (χ1) is 8.81. The van der Waals surface area contributed by atoms with Gasteiger partial charge in [-0.25, -0.2) is 0 Å². The molecule has 0 atom stereocenters. The maximum Gasteiger partial charge on any atom is 0.125 e. The van der Waals surface area contributed by atoms with Gasteiger partial charge >= 0.3 is 0 Å². The molecule has 0 spiro atoms. The van der Waals surface area contributed by atoms with Crippen LogP contribution in [0, 0.1) is 11.3 Å². The lowest BCUT2D eigenvalue weighted by molar-refractivity contribution is 0.332. The molecule has 1 aromatic carbocycles. The van der Waals surface area contributed by atoms with E-state index in [-0.39, 0.29) is 0 Å². The smallest absolute Gasteiger partial charge is 0.125 e. The van der Waals surface area contributed by atoms with E-state index in [0.717, 1.165) is 30.8 Å². The van der Waals surface area contributed by atoms with Gasteiger partial charge in [-0.3, -0.25) is 4.90 Å². The Morgan fingerprint density at radius 2 is 1.94 bits per heavy atom. The number of para-hydroxylation sites is 1. The van der Waals surface area contributed by atoms with Crippen LogP contribution in [0.15, 0.2) is 24.3 Å². The Hall–Kier alpha value is -1.79. The molecule has 1 saturated heterocycles. The summed E-state index contributed by atoms with van der Waals surface area (Å²) < 4.78 is 2.01. The summed E-state index contributed by atoms with van der Waals surface area (Å²) in [6.07, 6.45) is 2.57. The van der Waals surface area contributed by atoms with Gasteiger partial charge in [-0.2, -0.15) is 5.26 Å². The van der Waals surface area contributed by atoms with Gasteiger partial charge in [0, 0.05) is 30.1 Å². The second-order valence-electron chi connectivity index (χ2n) is 5.00. The summed E-state index contributed by atoms with van der Waals surface area (Å²) in [4.78, 5) is 2.45. The average molecular weight is 239 g/mol. The Bertz CT molecular complexity index is 612. The number of rotatable bonds is 2. The molecule has 0 aliphatic carbocycles. The molecule has 0 radical (unpaired) electrons. The molecule has 1 aromatic heterocycles. The summed E-state index contributed by atoms with van der Waals surface area (Å²) >= 11 is 0. The van der Waals surface area contributed by atoms with Crippen LogP contribution in [0.2, 0.25) is 0 Å². The number of hydrogen-bond acceptors (Lipinski definition) is 2. The third kappa shape index (κ3) is 1.70. The molecule has 2 aromatic rings. The van der Waals surface area contributed by atoms with E-state index in [1.807, 2.05) is 17.7 Å². The van der Waals surface area contributed by atoms with Crippen LogP contribution in [0.1, 0.15) is 24.1 Å². The van der Waals surface area contributed by atoms with E-state index < -0.39 is 0 Å². The van der Waals surface area contributed by atoms with E-state index in [1.54, 1.807) is 0 Å². The summed E-state index contributed by atoms with van der Waals surface area (Å²) in [6, 6.07) is 10.7. The molecular formula is C15H17N3. The SMILES string of the molecule is Cn1c(C#N)c(CN2CCCC2)c2ccccc21. The minimum absolute atomic E-state index is 0.808. The van der Waals surface area contributed by atoms with Gasteiger partial charge in [-0.1, -0.05) is 18.2 Å². The van der Waals surface area contributed by atoms with Gasteiger partial charge in [0.1, 0.15) is 11.8 Å². The molecule has 1 aliphatic heterocycles. The van der Waals surface area contributed by atoms with Crippen LogP contribution >= 0.6 is 0 Å². The molecule has 0 amide bonds. The van der Waals surface area contributed by atoms with Crippen molar-refractivity contribution in [2.45, 2.75) is 19.4 Å². The molecule has 1 fully saturated rings. The van der Waals surface area contributed by atoms with Crippen molar-refractivity contribution < 1.29 is 0 Å². The van der Waals surface area contributed by atoms with E-state index in [0.29, 0.717) is 0 Å². The molecule has 3 heteroatoms. The Balaban J connectivity index is 2.11. The predicted octanol–water partition coefficient (Wildman–Crippen LogP) is 2.65. The Morgan fingerprint density at radius 1 is 1.22 bits per heavy atom. The molecule has 0 unspecified atom stereocenters. The highest BCUT2D eigenvalue weighted by Gasteiger charge is 2.19. The van der Waals surface area contributed by atoms with E-state index >= 15 is 0 Å². The average Bonchev–Trinajstić information content (AvgIpc) is 2.99. The zero-order valence-corrected chi connectivity index (χ0v) is 10.7. The van der Waals surface area contributed by atoms with Crippen LogP contribution in [-0.2, 0) is 13.6 Å². The quantitative estimate of drug-likeness (QED) is 0.807. The van der Waals surface area contributed by atoms with Crippen molar-refractivity contribution in [2.24, 2.45) is 7.05 Å². The van der Waals surface area contributed by atoms with Crippen molar-refractivity contribution in [1.82, 2.24) is 9.47 Å². The Labute approximate surface area is 107 Å². The molecule has 3 rings (SSSR count). The van der Waals surface area contributed by atoms with Gasteiger partial charge in [-0.05, 0) is 32.0 Å². The predicted molar refractivity (Wildman–Crippen MR) is 72.1 cm³/mol. The van der Waals surface area contributed by atoms with Crippen LogP contribution in [-0.4, -0.2) is 22.6 Å². The zero-order valence-electron chi connectivity index (χ0n) is 10.7. The monoisotopic (exact) mass is 239 g/mol. The van der Waals surface area contributed by atoms with E-state index in [9.17, 15) is 5.26 Å². The number of fused-ring (bicyclic) bond motifs is 1. The van der Waals surface area contributed by atoms with Crippen LogP contribution < -0.4 is 0 Å². The fourth-order valence-corrected chi connectivity index (χ4v) is 2.94. The third-order valence-corrected chi connectivity index (χ3v) is 3.90. The molecule has 1 aliphatic rings. The zero-order chi connectivity index (χ0) is 12.5.